The van der Waals surface area contributed by atoms with Crippen LogP contribution in [-0.2, 0) is 11.3 Å². The molecule has 0 spiro atoms. The Balaban J connectivity index is 1.80. The van der Waals surface area contributed by atoms with E-state index in [9.17, 15) is 4.79 Å². The highest BCUT2D eigenvalue weighted by molar-refractivity contribution is 5.94. The zero-order valence-corrected chi connectivity index (χ0v) is 13.1. The first-order valence-corrected chi connectivity index (χ1v) is 7.33. The first kappa shape index (κ1) is 16.0. The largest absolute Gasteiger partial charge is 0.380 e. The van der Waals surface area contributed by atoms with E-state index in [2.05, 4.69) is 22.3 Å². The summed E-state index contributed by atoms with van der Waals surface area (Å²) in [6, 6.07) is 17.6. The van der Waals surface area contributed by atoms with Gasteiger partial charge in [0.1, 0.15) is 0 Å². The molecule has 0 aromatic heterocycles. The summed E-state index contributed by atoms with van der Waals surface area (Å²) >= 11 is 0. The van der Waals surface area contributed by atoms with Gasteiger partial charge in [0.2, 0.25) is 0 Å². The smallest absolute Gasteiger partial charge is 0.251 e. The number of benzene rings is 2. The number of likely N-dealkylation sites (N-methyl/N-ethyl adjacent to an activating group) is 1. The Morgan fingerprint density at radius 3 is 2.41 bits per heavy atom. The second kappa shape index (κ2) is 8.20. The van der Waals surface area contributed by atoms with Gasteiger partial charge < -0.3 is 15.0 Å². The van der Waals surface area contributed by atoms with Crippen LogP contribution in [0.2, 0.25) is 0 Å². The van der Waals surface area contributed by atoms with E-state index in [-0.39, 0.29) is 5.91 Å². The minimum Gasteiger partial charge on any atom is -0.380 e. The molecule has 2 rings (SSSR count). The fourth-order valence-corrected chi connectivity index (χ4v) is 2.17. The summed E-state index contributed by atoms with van der Waals surface area (Å²) in [4.78, 5) is 14.2. The first-order chi connectivity index (χ1) is 10.7. The molecule has 2 aromatic carbocycles. The number of amides is 1. The molecule has 0 radical (unpaired) electrons. The van der Waals surface area contributed by atoms with Crippen molar-refractivity contribution in [1.82, 2.24) is 5.32 Å². The fraction of sp³-hybridized carbons (Fsp3) is 0.278. The lowest BCUT2D eigenvalue weighted by Gasteiger charge is -2.19. The fourth-order valence-electron chi connectivity index (χ4n) is 2.17. The average molecular weight is 298 g/mol. The van der Waals surface area contributed by atoms with Crippen LogP contribution in [0.3, 0.4) is 0 Å². The Morgan fingerprint density at radius 2 is 1.77 bits per heavy atom. The monoisotopic (exact) mass is 298 g/mol. The van der Waals surface area contributed by atoms with E-state index < -0.39 is 0 Å². The predicted octanol–water partition coefficient (Wildman–Crippen LogP) is 2.70. The molecule has 0 aliphatic heterocycles. The van der Waals surface area contributed by atoms with Gasteiger partial charge in [0, 0.05) is 38.5 Å². The van der Waals surface area contributed by atoms with Crippen molar-refractivity contribution < 1.29 is 9.53 Å². The summed E-state index contributed by atoms with van der Waals surface area (Å²) in [5, 5.41) is 2.94. The van der Waals surface area contributed by atoms with Gasteiger partial charge >= 0.3 is 0 Å². The van der Waals surface area contributed by atoms with Crippen molar-refractivity contribution in [3.63, 3.8) is 0 Å². The van der Waals surface area contributed by atoms with Crippen LogP contribution in [0.25, 0.3) is 0 Å². The van der Waals surface area contributed by atoms with Gasteiger partial charge in [0.05, 0.1) is 6.61 Å². The Kier molecular flexibility index (Phi) is 5.98. The van der Waals surface area contributed by atoms with Gasteiger partial charge in [-0.3, -0.25) is 4.79 Å². The van der Waals surface area contributed by atoms with Crippen LogP contribution in [0.4, 0.5) is 5.69 Å². The lowest BCUT2D eigenvalue weighted by atomic mass is 10.1. The van der Waals surface area contributed by atoms with E-state index >= 15 is 0 Å². The molecule has 4 nitrogen and oxygen atoms in total. The van der Waals surface area contributed by atoms with Gasteiger partial charge in [-0.2, -0.15) is 0 Å². The maximum atomic E-state index is 12.1. The molecule has 0 saturated heterocycles. The van der Waals surface area contributed by atoms with Crippen molar-refractivity contribution in [3.05, 3.63) is 65.7 Å². The van der Waals surface area contributed by atoms with E-state index in [0.29, 0.717) is 18.7 Å². The van der Waals surface area contributed by atoms with E-state index in [1.54, 1.807) is 7.11 Å². The van der Waals surface area contributed by atoms with Gasteiger partial charge in [-0.15, -0.1) is 0 Å². The van der Waals surface area contributed by atoms with Crippen LogP contribution < -0.4 is 10.2 Å². The van der Waals surface area contributed by atoms with E-state index in [1.165, 1.54) is 0 Å². The standard InChI is InChI=1S/C18H22N2O2/c1-20(17-6-4-3-5-7-17)13-12-19-18(21)16-10-8-15(9-11-16)14-22-2/h3-11H,12-14H2,1-2H3,(H,19,21). The molecule has 0 aliphatic carbocycles. The van der Waals surface area contributed by atoms with Gasteiger partial charge in [-0.1, -0.05) is 30.3 Å². The Hall–Kier alpha value is -2.33. The van der Waals surface area contributed by atoms with Crippen LogP contribution in [-0.4, -0.2) is 33.2 Å². The Labute approximate surface area is 131 Å². The molecule has 116 valence electrons. The molecule has 4 heteroatoms. The SMILES string of the molecule is COCc1ccc(C(=O)NCCN(C)c2ccccc2)cc1. The molecule has 0 bridgehead atoms. The molecular weight excluding hydrogens is 276 g/mol. The summed E-state index contributed by atoms with van der Waals surface area (Å²) in [6.45, 7) is 1.92. The summed E-state index contributed by atoms with van der Waals surface area (Å²) in [7, 11) is 3.67. The number of ether oxygens (including phenoxy) is 1. The highest BCUT2D eigenvalue weighted by Gasteiger charge is 2.06. The zero-order valence-electron chi connectivity index (χ0n) is 13.1. The molecule has 1 amide bonds. The predicted molar refractivity (Wildman–Crippen MR) is 89.2 cm³/mol. The van der Waals surface area contributed by atoms with Crippen LogP contribution in [0.15, 0.2) is 54.6 Å². The summed E-state index contributed by atoms with van der Waals surface area (Å²) in [5.74, 6) is -0.0505. The number of para-hydroxylation sites is 1. The normalized spacial score (nSPS) is 10.3. The molecule has 2 aromatic rings. The van der Waals surface area contributed by atoms with Crippen LogP contribution >= 0.6 is 0 Å². The van der Waals surface area contributed by atoms with Crippen molar-refractivity contribution in [2.45, 2.75) is 6.61 Å². The lowest BCUT2D eigenvalue weighted by molar-refractivity contribution is 0.0954. The van der Waals surface area contributed by atoms with E-state index in [1.807, 2.05) is 49.5 Å². The van der Waals surface area contributed by atoms with Crippen LogP contribution in [0, 0.1) is 0 Å². The molecule has 22 heavy (non-hydrogen) atoms. The van der Waals surface area contributed by atoms with Crippen molar-refractivity contribution in [3.8, 4) is 0 Å². The molecule has 0 atom stereocenters. The van der Waals surface area contributed by atoms with Gasteiger partial charge in [0.25, 0.3) is 5.91 Å². The highest BCUT2D eigenvalue weighted by Crippen LogP contribution is 2.10. The molecule has 0 fully saturated rings. The second-order valence-electron chi connectivity index (χ2n) is 5.14. The highest BCUT2D eigenvalue weighted by atomic mass is 16.5. The number of anilines is 1. The molecule has 0 saturated carbocycles. The second-order valence-corrected chi connectivity index (χ2v) is 5.14. The summed E-state index contributed by atoms with van der Waals surface area (Å²) < 4.78 is 5.06. The number of hydrogen-bond acceptors (Lipinski definition) is 3. The third-order valence-corrected chi connectivity index (χ3v) is 3.46. The van der Waals surface area contributed by atoms with Crippen molar-refractivity contribution in [1.29, 1.82) is 0 Å². The number of nitrogens with zero attached hydrogens (tertiary/aromatic N) is 1. The zero-order chi connectivity index (χ0) is 15.8. The number of carbonyl (C=O) groups excluding carboxylic acids is 1. The molecular formula is C18H22N2O2. The third kappa shape index (κ3) is 4.60. The molecule has 1 N–H and O–H groups in total. The van der Waals surface area contributed by atoms with Crippen molar-refractivity contribution in [2.24, 2.45) is 0 Å². The number of nitrogens with one attached hydrogen (secondary N) is 1. The van der Waals surface area contributed by atoms with Gasteiger partial charge in [0.15, 0.2) is 0 Å². The van der Waals surface area contributed by atoms with E-state index in [4.69, 9.17) is 4.74 Å². The van der Waals surface area contributed by atoms with Crippen LogP contribution in [0.5, 0.6) is 0 Å². The first-order valence-electron chi connectivity index (χ1n) is 7.33. The maximum absolute atomic E-state index is 12.1. The van der Waals surface area contributed by atoms with E-state index in [0.717, 1.165) is 17.8 Å². The number of methoxy groups -OCH3 is 1. The maximum Gasteiger partial charge on any atom is 0.251 e. The summed E-state index contributed by atoms with van der Waals surface area (Å²) in [5.41, 5.74) is 2.87. The summed E-state index contributed by atoms with van der Waals surface area (Å²) in [6.07, 6.45) is 0. The quantitative estimate of drug-likeness (QED) is 0.854. The van der Waals surface area contributed by atoms with Crippen molar-refractivity contribution in [2.75, 3.05) is 32.1 Å². The number of carbonyl (C=O) groups is 1. The minimum absolute atomic E-state index is 0.0505. The molecule has 0 aliphatic rings. The van der Waals surface area contributed by atoms with Gasteiger partial charge in [-0.05, 0) is 29.8 Å². The average Bonchev–Trinajstić information content (AvgIpc) is 2.56. The topological polar surface area (TPSA) is 41.6 Å². The van der Waals surface area contributed by atoms with Crippen LogP contribution in [0.1, 0.15) is 15.9 Å². The Morgan fingerprint density at radius 1 is 1.09 bits per heavy atom. The van der Waals surface area contributed by atoms with Crippen molar-refractivity contribution >= 4 is 11.6 Å². The number of rotatable bonds is 7. The number of hydrogen-bond donors (Lipinski definition) is 1. The lowest BCUT2D eigenvalue weighted by Crippen LogP contribution is -2.32. The van der Waals surface area contributed by atoms with Gasteiger partial charge in [-0.25, -0.2) is 0 Å². The molecule has 0 unspecified atom stereocenters. The molecule has 0 heterocycles. The minimum atomic E-state index is -0.0505. The Bertz CT molecular complexity index is 582. The third-order valence-electron chi connectivity index (χ3n) is 3.46.